The van der Waals surface area contributed by atoms with Gasteiger partial charge in [0, 0.05) is 50.7 Å². The topological polar surface area (TPSA) is 87.8 Å². The minimum Gasteiger partial charge on any atom is -0.396 e. The summed E-state index contributed by atoms with van der Waals surface area (Å²) in [5.41, 5.74) is 0. The molecule has 0 bridgehead atoms. The van der Waals surface area contributed by atoms with E-state index in [1.54, 1.807) is 6.07 Å². The number of aryl methyl sites for hydroxylation is 1. The fourth-order valence-corrected chi connectivity index (χ4v) is 3.46. The smallest absolute Gasteiger partial charge is 0.220 e. The molecule has 0 radical (unpaired) electrons. The molecule has 0 spiro atoms. The van der Waals surface area contributed by atoms with Gasteiger partial charge in [0.15, 0.2) is 5.15 Å². The zero-order valence-corrected chi connectivity index (χ0v) is 13.7. The van der Waals surface area contributed by atoms with Crippen LogP contribution in [0.4, 0.5) is 0 Å². The monoisotopic (exact) mass is 343 g/mol. The van der Waals surface area contributed by atoms with Crippen molar-refractivity contribution in [2.45, 2.75) is 43.9 Å². The van der Waals surface area contributed by atoms with Crippen LogP contribution in [0.2, 0.25) is 5.15 Å². The molecule has 0 aliphatic carbocycles. The molecule has 23 heavy (non-hydrogen) atoms. The van der Waals surface area contributed by atoms with Crippen LogP contribution in [0.3, 0.4) is 0 Å². The number of aromatic nitrogens is 1. The van der Waals surface area contributed by atoms with Crippen molar-refractivity contribution in [2.75, 3.05) is 26.3 Å². The molecule has 0 unspecified atom stereocenters. The highest BCUT2D eigenvalue weighted by Crippen LogP contribution is 2.24. The summed E-state index contributed by atoms with van der Waals surface area (Å²) in [6, 6.07) is 2.15. The number of aliphatic hydroxyl groups is 1. The minimum absolute atomic E-state index is 0.00944. The van der Waals surface area contributed by atoms with Crippen LogP contribution in [0.5, 0.6) is 0 Å². The van der Waals surface area contributed by atoms with E-state index in [4.69, 9.17) is 26.0 Å². The molecule has 2 aliphatic rings. The lowest BCUT2D eigenvalue weighted by molar-refractivity contribution is -0.121. The van der Waals surface area contributed by atoms with E-state index >= 15 is 0 Å². The normalized spacial score (nSPS) is 27.8. The van der Waals surface area contributed by atoms with Crippen LogP contribution in [0.25, 0.3) is 0 Å². The molecule has 2 saturated heterocycles. The molecule has 2 N–H and O–H groups in total. The third-order valence-corrected chi connectivity index (χ3v) is 4.61. The summed E-state index contributed by atoms with van der Waals surface area (Å²) in [7, 11) is 0. The van der Waals surface area contributed by atoms with Gasteiger partial charge in [-0.25, -0.2) is 0 Å². The molecule has 3 heterocycles. The maximum Gasteiger partial charge on any atom is 0.220 e. The summed E-state index contributed by atoms with van der Waals surface area (Å²) >= 11 is 5.68. The molecule has 0 aromatic carbocycles. The van der Waals surface area contributed by atoms with Crippen molar-refractivity contribution in [3.05, 3.63) is 17.0 Å². The molecule has 3 rings (SSSR count). The number of ether oxygens (including phenoxy) is 1. The largest absolute Gasteiger partial charge is 0.396 e. The Labute approximate surface area is 139 Å². The van der Waals surface area contributed by atoms with Crippen molar-refractivity contribution < 1.29 is 19.2 Å². The van der Waals surface area contributed by atoms with E-state index < -0.39 is 0 Å². The van der Waals surface area contributed by atoms with Crippen molar-refractivity contribution in [2.24, 2.45) is 0 Å². The number of halogens is 1. The predicted molar refractivity (Wildman–Crippen MR) is 83.2 cm³/mol. The van der Waals surface area contributed by atoms with Crippen LogP contribution < -0.4 is 5.32 Å². The number of aliphatic hydroxyl groups excluding tert-OH is 1. The van der Waals surface area contributed by atoms with Gasteiger partial charge in [-0.2, -0.15) is 0 Å². The first-order valence-corrected chi connectivity index (χ1v) is 8.39. The van der Waals surface area contributed by atoms with Crippen molar-refractivity contribution in [3.8, 4) is 0 Å². The Balaban J connectivity index is 1.41. The number of carbonyl (C=O) groups excluding carboxylic acids is 1. The molecule has 1 amide bonds. The molecule has 3 atom stereocenters. The first-order valence-electron chi connectivity index (χ1n) is 8.01. The lowest BCUT2D eigenvalue weighted by Gasteiger charge is -2.34. The van der Waals surface area contributed by atoms with Crippen LogP contribution in [0.1, 0.15) is 25.0 Å². The van der Waals surface area contributed by atoms with Crippen molar-refractivity contribution >= 4 is 17.5 Å². The fraction of sp³-hybridized carbons (Fsp3) is 0.733. The van der Waals surface area contributed by atoms with Gasteiger partial charge in [-0.1, -0.05) is 16.8 Å². The molecule has 128 valence electrons. The van der Waals surface area contributed by atoms with E-state index in [0.29, 0.717) is 42.8 Å². The molecule has 7 nitrogen and oxygen atoms in total. The average Bonchev–Trinajstić information content (AvgIpc) is 3.10. The van der Waals surface area contributed by atoms with Gasteiger partial charge >= 0.3 is 0 Å². The van der Waals surface area contributed by atoms with Gasteiger partial charge in [0.05, 0.1) is 12.7 Å². The Morgan fingerprint density at radius 1 is 1.52 bits per heavy atom. The van der Waals surface area contributed by atoms with Crippen LogP contribution in [-0.2, 0) is 16.0 Å². The van der Waals surface area contributed by atoms with Gasteiger partial charge in [-0.05, 0) is 12.8 Å². The number of hydrogen-bond acceptors (Lipinski definition) is 6. The molecule has 8 heteroatoms. The van der Waals surface area contributed by atoms with E-state index in [1.165, 1.54) is 0 Å². The fourth-order valence-electron chi connectivity index (χ4n) is 3.31. The molecule has 1 aromatic rings. The van der Waals surface area contributed by atoms with Gasteiger partial charge < -0.3 is 19.7 Å². The number of fused-ring (bicyclic) bond motifs is 1. The highest BCUT2D eigenvalue weighted by Gasteiger charge is 2.37. The lowest BCUT2D eigenvalue weighted by atomic mass is 10.1. The number of hydrogen-bond donors (Lipinski definition) is 2. The quantitative estimate of drug-likeness (QED) is 0.786. The van der Waals surface area contributed by atoms with E-state index in [1.807, 2.05) is 0 Å². The summed E-state index contributed by atoms with van der Waals surface area (Å²) in [6.45, 7) is 2.49. The lowest BCUT2D eigenvalue weighted by Crippen LogP contribution is -2.46. The summed E-state index contributed by atoms with van der Waals surface area (Å²) in [6.07, 6.45) is 2.52. The first kappa shape index (κ1) is 16.7. The summed E-state index contributed by atoms with van der Waals surface area (Å²) in [4.78, 5) is 14.4. The van der Waals surface area contributed by atoms with E-state index in [2.05, 4.69) is 15.4 Å². The number of nitrogens with zero attached hydrogens (tertiary/aromatic N) is 2. The van der Waals surface area contributed by atoms with Crippen molar-refractivity contribution in [1.29, 1.82) is 0 Å². The molecule has 0 saturated carbocycles. The number of rotatable bonds is 6. The Kier molecular flexibility index (Phi) is 5.53. The minimum atomic E-state index is 0.00944. The van der Waals surface area contributed by atoms with Crippen molar-refractivity contribution in [1.82, 2.24) is 15.4 Å². The van der Waals surface area contributed by atoms with Crippen molar-refractivity contribution in [3.63, 3.8) is 0 Å². The molecule has 2 aliphatic heterocycles. The number of nitrogens with one attached hydrogen (secondary N) is 1. The van der Waals surface area contributed by atoms with Crippen LogP contribution >= 0.6 is 11.6 Å². The van der Waals surface area contributed by atoms with E-state index in [0.717, 1.165) is 19.5 Å². The molecular weight excluding hydrogens is 322 g/mol. The first-order chi connectivity index (χ1) is 11.1. The summed E-state index contributed by atoms with van der Waals surface area (Å²) in [5, 5.41) is 16.0. The maximum absolute atomic E-state index is 12.1. The Morgan fingerprint density at radius 2 is 2.39 bits per heavy atom. The second-order valence-corrected chi connectivity index (χ2v) is 6.58. The summed E-state index contributed by atoms with van der Waals surface area (Å²) < 4.78 is 10.7. The van der Waals surface area contributed by atoms with Gasteiger partial charge in [0.25, 0.3) is 0 Å². The van der Waals surface area contributed by atoms with Gasteiger partial charge in [0.1, 0.15) is 5.76 Å². The highest BCUT2D eigenvalue weighted by molar-refractivity contribution is 6.29. The van der Waals surface area contributed by atoms with E-state index in [-0.39, 0.29) is 24.7 Å². The van der Waals surface area contributed by atoms with Gasteiger partial charge in [-0.3, -0.25) is 9.69 Å². The average molecular weight is 344 g/mol. The highest BCUT2D eigenvalue weighted by atomic mass is 35.5. The number of amides is 1. The predicted octanol–water partition coefficient (Wildman–Crippen LogP) is 0.601. The third-order valence-electron chi connectivity index (χ3n) is 4.44. The number of carbonyl (C=O) groups is 1. The van der Waals surface area contributed by atoms with Crippen LogP contribution in [0.15, 0.2) is 10.6 Å². The van der Waals surface area contributed by atoms with Crippen LogP contribution in [0, 0.1) is 0 Å². The summed E-state index contributed by atoms with van der Waals surface area (Å²) in [5.74, 6) is 0.629. The zero-order chi connectivity index (χ0) is 16.2. The maximum atomic E-state index is 12.1. The van der Waals surface area contributed by atoms with Gasteiger partial charge in [0.2, 0.25) is 5.91 Å². The van der Waals surface area contributed by atoms with Gasteiger partial charge in [-0.15, -0.1) is 0 Å². The molecule has 2 fully saturated rings. The Bertz CT molecular complexity index is 539. The Hall–Kier alpha value is -1.15. The Morgan fingerprint density at radius 3 is 3.13 bits per heavy atom. The standard InChI is InChI=1S/C15H22ClN3O4/c16-14-6-12(23-18-14)1-2-15(21)17-10-5-11-9-22-13(3-4-20)8-19(11)7-10/h6,10-11,13,20H,1-5,7-9H2,(H,17,21)/t10-,11+,13+/m1/s1. The third kappa shape index (κ3) is 4.44. The van der Waals surface area contributed by atoms with Crippen LogP contribution in [-0.4, -0.2) is 65.6 Å². The second-order valence-electron chi connectivity index (χ2n) is 6.19. The number of morpholine rings is 1. The SMILES string of the molecule is O=C(CCc1cc(Cl)no1)N[C@@H]1C[C@H]2CO[C@@H](CCO)CN2C1. The van der Waals surface area contributed by atoms with E-state index in [9.17, 15) is 4.79 Å². The zero-order valence-electron chi connectivity index (χ0n) is 12.9. The molecule has 1 aromatic heterocycles. The molecular formula is C15H22ClN3O4. The second kappa shape index (κ2) is 7.61.